The second-order valence-electron chi connectivity index (χ2n) is 5.82. The number of methoxy groups -OCH3 is 2. The van der Waals surface area contributed by atoms with Crippen LogP contribution in [0.2, 0.25) is 0 Å². The molecule has 1 saturated carbocycles. The van der Waals surface area contributed by atoms with Gasteiger partial charge in [-0.1, -0.05) is 25.0 Å². The molecule has 1 N–H and O–H groups in total. The van der Waals surface area contributed by atoms with E-state index in [1.54, 1.807) is 14.2 Å². The fourth-order valence-electron chi connectivity index (χ4n) is 3.62. The summed E-state index contributed by atoms with van der Waals surface area (Å²) in [7, 11) is 3.21. The van der Waals surface area contributed by atoms with Crippen molar-refractivity contribution in [1.29, 1.82) is 0 Å². The summed E-state index contributed by atoms with van der Waals surface area (Å²) in [4.78, 5) is 12.1. The van der Waals surface area contributed by atoms with Gasteiger partial charge in [0.15, 0.2) is 0 Å². The number of benzene rings is 2. The van der Waals surface area contributed by atoms with E-state index in [0.717, 1.165) is 34.9 Å². The predicted molar refractivity (Wildman–Crippen MR) is 84.8 cm³/mol. The van der Waals surface area contributed by atoms with Crippen molar-refractivity contribution >= 4 is 16.7 Å². The molecule has 3 rings (SSSR count). The van der Waals surface area contributed by atoms with Gasteiger partial charge in [0.2, 0.25) is 0 Å². The number of rotatable bonds is 4. The van der Waals surface area contributed by atoms with E-state index < -0.39 is 11.4 Å². The van der Waals surface area contributed by atoms with Gasteiger partial charge in [0.1, 0.15) is 11.5 Å². The first-order valence-corrected chi connectivity index (χ1v) is 7.51. The number of carboxylic acid groups (broad SMARTS) is 1. The van der Waals surface area contributed by atoms with E-state index in [1.807, 2.05) is 30.3 Å². The molecule has 2 aromatic carbocycles. The lowest BCUT2D eigenvalue weighted by molar-refractivity contribution is -0.143. The van der Waals surface area contributed by atoms with Crippen LogP contribution in [0.5, 0.6) is 11.5 Å². The molecule has 0 radical (unpaired) electrons. The largest absolute Gasteiger partial charge is 0.497 e. The van der Waals surface area contributed by atoms with Gasteiger partial charge in [-0.3, -0.25) is 4.79 Å². The smallest absolute Gasteiger partial charge is 0.314 e. The lowest BCUT2D eigenvalue weighted by Crippen LogP contribution is -2.33. The van der Waals surface area contributed by atoms with E-state index in [0.29, 0.717) is 18.6 Å². The lowest BCUT2D eigenvalue weighted by Gasteiger charge is -2.28. The topological polar surface area (TPSA) is 55.8 Å². The molecular formula is C18H20O4. The summed E-state index contributed by atoms with van der Waals surface area (Å²) in [5.74, 6) is 0.601. The highest BCUT2D eigenvalue weighted by Gasteiger charge is 2.45. The third kappa shape index (κ3) is 2.10. The van der Waals surface area contributed by atoms with E-state index >= 15 is 0 Å². The maximum Gasteiger partial charge on any atom is 0.314 e. The van der Waals surface area contributed by atoms with Crippen molar-refractivity contribution in [3.8, 4) is 11.5 Å². The van der Waals surface area contributed by atoms with Crippen LogP contribution in [-0.2, 0) is 10.2 Å². The van der Waals surface area contributed by atoms with Crippen LogP contribution < -0.4 is 9.47 Å². The van der Waals surface area contributed by atoms with E-state index in [1.165, 1.54) is 0 Å². The van der Waals surface area contributed by atoms with Crippen molar-refractivity contribution in [2.24, 2.45) is 0 Å². The third-order valence-corrected chi connectivity index (χ3v) is 4.76. The van der Waals surface area contributed by atoms with Gasteiger partial charge in [0.05, 0.1) is 19.6 Å². The Hall–Kier alpha value is -2.23. The molecular weight excluding hydrogens is 280 g/mol. The molecule has 22 heavy (non-hydrogen) atoms. The quantitative estimate of drug-likeness (QED) is 0.934. The molecule has 0 bridgehead atoms. The Morgan fingerprint density at radius 3 is 2.36 bits per heavy atom. The number of hydrogen-bond acceptors (Lipinski definition) is 3. The Labute approximate surface area is 129 Å². The van der Waals surface area contributed by atoms with Crippen molar-refractivity contribution in [3.05, 3.63) is 35.9 Å². The number of fused-ring (bicyclic) bond motifs is 1. The van der Waals surface area contributed by atoms with Crippen LogP contribution in [0.1, 0.15) is 31.2 Å². The van der Waals surface area contributed by atoms with E-state index in [9.17, 15) is 9.90 Å². The van der Waals surface area contributed by atoms with Gasteiger partial charge in [0, 0.05) is 5.56 Å². The van der Waals surface area contributed by atoms with Crippen molar-refractivity contribution in [1.82, 2.24) is 0 Å². The molecule has 0 aliphatic heterocycles. The minimum Gasteiger partial charge on any atom is -0.497 e. The molecule has 0 saturated heterocycles. The minimum absolute atomic E-state index is 0.644. The molecule has 1 fully saturated rings. The summed E-state index contributed by atoms with van der Waals surface area (Å²) >= 11 is 0. The Balaban J connectivity index is 2.36. The van der Waals surface area contributed by atoms with Gasteiger partial charge in [-0.2, -0.15) is 0 Å². The first-order chi connectivity index (χ1) is 10.6. The van der Waals surface area contributed by atoms with Crippen molar-refractivity contribution < 1.29 is 19.4 Å². The molecule has 0 unspecified atom stereocenters. The lowest BCUT2D eigenvalue weighted by atomic mass is 9.76. The van der Waals surface area contributed by atoms with E-state index in [4.69, 9.17) is 9.47 Å². The Morgan fingerprint density at radius 1 is 1.09 bits per heavy atom. The molecule has 0 spiro atoms. The highest BCUT2D eigenvalue weighted by molar-refractivity contribution is 5.96. The normalized spacial score (nSPS) is 16.6. The Kier molecular flexibility index (Phi) is 3.69. The molecule has 2 aromatic rings. The van der Waals surface area contributed by atoms with Gasteiger partial charge in [-0.05, 0) is 41.8 Å². The summed E-state index contributed by atoms with van der Waals surface area (Å²) in [6.07, 6.45) is 3.15. The first-order valence-electron chi connectivity index (χ1n) is 7.51. The Bertz CT molecular complexity index is 709. The molecule has 0 amide bonds. The zero-order chi connectivity index (χ0) is 15.7. The number of hydrogen-bond donors (Lipinski definition) is 1. The van der Waals surface area contributed by atoms with Crippen molar-refractivity contribution in [2.45, 2.75) is 31.1 Å². The molecule has 1 aliphatic rings. The van der Waals surface area contributed by atoms with Gasteiger partial charge in [-0.25, -0.2) is 0 Å². The summed E-state index contributed by atoms with van der Waals surface area (Å²) < 4.78 is 10.8. The van der Waals surface area contributed by atoms with Crippen LogP contribution in [0.25, 0.3) is 10.8 Å². The highest BCUT2D eigenvalue weighted by atomic mass is 16.5. The van der Waals surface area contributed by atoms with Crippen LogP contribution in [0.4, 0.5) is 0 Å². The predicted octanol–water partition coefficient (Wildman–Crippen LogP) is 3.75. The van der Waals surface area contributed by atoms with Gasteiger partial charge < -0.3 is 14.6 Å². The van der Waals surface area contributed by atoms with Crippen LogP contribution >= 0.6 is 0 Å². The van der Waals surface area contributed by atoms with Crippen molar-refractivity contribution in [2.75, 3.05) is 14.2 Å². The maximum atomic E-state index is 12.1. The van der Waals surface area contributed by atoms with Crippen LogP contribution in [0.15, 0.2) is 30.3 Å². The highest BCUT2D eigenvalue weighted by Crippen LogP contribution is 2.48. The Morgan fingerprint density at radius 2 is 1.77 bits per heavy atom. The zero-order valence-corrected chi connectivity index (χ0v) is 12.9. The molecule has 1 aliphatic carbocycles. The number of aliphatic carboxylic acids is 1. The zero-order valence-electron chi connectivity index (χ0n) is 12.9. The summed E-state index contributed by atoms with van der Waals surface area (Å²) in [5, 5.41) is 11.8. The molecule has 0 heterocycles. The summed E-state index contributed by atoms with van der Waals surface area (Å²) in [6.45, 7) is 0. The first kappa shape index (κ1) is 14.7. The van der Waals surface area contributed by atoms with Crippen molar-refractivity contribution in [3.63, 3.8) is 0 Å². The average Bonchev–Trinajstić information content (AvgIpc) is 3.03. The second-order valence-corrected chi connectivity index (χ2v) is 5.82. The number of carboxylic acids is 1. The summed E-state index contributed by atoms with van der Waals surface area (Å²) in [6, 6.07) is 9.59. The average molecular weight is 300 g/mol. The van der Waals surface area contributed by atoms with Crippen LogP contribution in [0.3, 0.4) is 0 Å². The van der Waals surface area contributed by atoms with Gasteiger partial charge >= 0.3 is 5.97 Å². The van der Waals surface area contributed by atoms with Gasteiger partial charge in [-0.15, -0.1) is 0 Å². The standard InChI is InChI=1S/C18H20O4/c1-21-13-7-5-12-6-8-15(22-2)16(14(12)11-13)18(17(19)20)9-3-4-10-18/h5-8,11H,3-4,9-10H2,1-2H3,(H,19,20). The van der Waals surface area contributed by atoms with Crippen LogP contribution in [0, 0.1) is 0 Å². The summed E-state index contributed by atoms with van der Waals surface area (Å²) in [5.41, 5.74) is -0.0755. The number of carbonyl (C=O) groups is 1. The van der Waals surface area contributed by atoms with E-state index in [-0.39, 0.29) is 0 Å². The molecule has 116 valence electrons. The minimum atomic E-state index is -0.864. The van der Waals surface area contributed by atoms with Crippen LogP contribution in [-0.4, -0.2) is 25.3 Å². The SMILES string of the molecule is COc1ccc2ccc(OC)c(C3(C(=O)O)CCCC3)c2c1. The van der Waals surface area contributed by atoms with Gasteiger partial charge in [0.25, 0.3) is 0 Å². The second kappa shape index (κ2) is 5.52. The molecule has 4 heteroatoms. The number of ether oxygens (including phenoxy) is 2. The third-order valence-electron chi connectivity index (χ3n) is 4.76. The molecule has 0 aromatic heterocycles. The monoisotopic (exact) mass is 300 g/mol. The fraction of sp³-hybridized carbons (Fsp3) is 0.389. The maximum absolute atomic E-state index is 12.1. The molecule has 4 nitrogen and oxygen atoms in total. The fourth-order valence-corrected chi connectivity index (χ4v) is 3.62. The molecule has 0 atom stereocenters. The van der Waals surface area contributed by atoms with E-state index in [2.05, 4.69) is 0 Å².